The van der Waals surface area contributed by atoms with E-state index in [-0.39, 0.29) is 5.66 Å². The Morgan fingerprint density at radius 3 is 2.56 bits per heavy atom. The largest absolute Gasteiger partial charge is 0.457 e. The van der Waals surface area contributed by atoms with Crippen LogP contribution in [0.15, 0.2) is 11.8 Å². The fourth-order valence-corrected chi connectivity index (χ4v) is 2.78. The van der Waals surface area contributed by atoms with E-state index in [1.165, 1.54) is 0 Å². The van der Waals surface area contributed by atoms with Gasteiger partial charge in [-0.1, -0.05) is 0 Å². The third kappa shape index (κ3) is 1.49. The monoisotopic (exact) mass is 182 g/mol. The molecule has 0 spiro atoms. The standard InChI is InChI=1S/C5H8ClOPS/c1-4-3-5(2)8(6,9)7-4/h3,5H,1-2H3. The van der Waals surface area contributed by atoms with Crippen molar-refractivity contribution in [1.29, 1.82) is 0 Å². The van der Waals surface area contributed by atoms with Crippen molar-refractivity contribution in [1.82, 2.24) is 0 Å². The van der Waals surface area contributed by atoms with Crippen LogP contribution >= 0.6 is 16.9 Å². The minimum Gasteiger partial charge on any atom is -0.457 e. The van der Waals surface area contributed by atoms with Crippen molar-refractivity contribution in [2.24, 2.45) is 0 Å². The predicted molar refractivity (Wildman–Crippen MR) is 44.4 cm³/mol. The Morgan fingerprint density at radius 1 is 1.89 bits per heavy atom. The Morgan fingerprint density at radius 2 is 2.44 bits per heavy atom. The van der Waals surface area contributed by atoms with Gasteiger partial charge in [0.1, 0.15) is 0 Å². The smallest absolute Gasteiger partial charge is 0.205 e. The lowest BCUT2D eigenvalue weighted by molar-refractivity contribution is 0.496. The second-order valence-corrected chi connectivity index (χ2v) is 7.90. The lowest BCUT2D eigenvalue weighted by Crippen LogP contribution is -1.86. The molecule has 1 nitrogen and oxygen atoms in total. The molecular weight excluding hydrogens is 175 g/mol. The van der Waals surface area contributed by atoms with Crippen molar-refractivity contribution in [3.05, 3.63) is 11.8 Å². The SMILES string of the molecule is CC1=CC(C)P(=S)(Cl)O1. The van der Waals surface area contributed by atoms with Crippen molar-refractivity contribution in [3.63, 3.8) is 0 Å². The number of hydrogen-bond donors (Lipinski definition) is 0. The Labute approximate surface area is 64.9 Å². The van der Waals surface area contributed by atoms with Crippen molar-refractivity contribution >= 4 is 28.7 Å². The quantitative estimate of drug-likeness (QED) is 0.533. The summed E-state index contributed by atoms with van der Waals surface area (Å²) >= 11 is 10.9. The summed E-state index contributed by atoms with van der Waals surface area (Å²) in [7, 11) is 0. The van der Waals surface area contributed by atoms with Crippen LogP contribution in [0.1, 0.15) is 13.8 Å². The van der Waals surface area contributed by atoms with E-state index >= 15 is 0 Å². The van der Waals surface area contributed by atoms with E-state index in [1.54, 1.807) is 0 Å². The van der Waals surface area contributed by atoms with Gasteiger partial charge in [-0.25, -0.2) is 0 Å². The van der Waals surface area contributed by atoms with Crippen LogP contribution in [0.25, 0.3) is 0 Å². The van der Waals surface area contributed by atoms with Gasteiger partial charge in [-0.15, -0.1) is 0 Å². The van der Waals surface area contributed by atoms with Crippen LogP contribution < -0.4 is 0 Å². The van der Waals surface area contributed by atoms with E-state index < -0.39 is 5.62 Å². The van der Waals surface area contributed by atoms with Gasteiger partial charge in [0.05, 0.1) is 11.4 Å². The maximum atomic E-state index is 5.86. The van der Waals surface area contributed by atoms with Gasteiger partial charge in [-0.3, -0.25) is 0 Å². The van der Waals surface area contributed by atoms with Crippen molar-refractivity contribution in [2.75, 3.05) is 0 Å². The topological polar surface area (TPSA) is 9.23 Å². The third-order valence-electron chi connectivity index (χ3n) is 1.23. The molecule has 2 unspecified atom stereocenters. The zero-order valence-corrected chi connectivity index (χ0v) is 7.76. The zero-order valence-electron chi connectivity index (χ0n) is 5.30. The van der Waals surface area contributed by atoms with Gasteiger partial charge in [0.25, 0.3) is 0 Å². The molecule has 0 aromatic rings. The molecule has 4 heteroatoms. The molecule has 0 radical (unpaired) electrons. The molecule has 0 saturated heterocycles. The fourth-order valence-electron chi connectivity index (χ4n) is 0.739. The predicted octanol–water partition coefficient (Wildman–Crippen LogP) is 2.86. The minimum atomic E-state index is -1.98. The average molecular weight is 183 g/mol. The summed E-state index contributed by atoms with van der Waals surface area (Å²) in [6.07, 6.45) is 1.98. The lowest BCUT2D eigenvalue weighted by Gasteiger charge is -2.10. The van der Waals surface area contributed by atoms with Gasteiger partial charge < -0.3 is 4.52 Å². The van der Waals surface area contributed by atoms with Crippen LogP contribution in [0.4, 0.5) is 0 Å². The first-order chi connectivity index (χ1) is 4.02. The molecule has 52 valence electrons. The van der Waals surface area contributed by atoms with Crippen LogP contribution in [-0.4, -0.2) is 5.66 Å². The van der Waals surface area contributed by atoms with Crippen LogP contribution in [0.3, 0.4) is 0 Å². The van der Waals surface area contributed by atoms with E-state index in [1.807, 2.05) is 19.9 Å². The highest BCUT2D eigenvalue weighted by molar-refractivity contribution is 8.25. The fraction of sp³-hybridized carbons (Fsp3) is 0.600. The second kappa shape index (κ2) is 2.26. The number of rotatable bonds is 0. The third-order valence-corrected chi connectivity index (χ3v) is 5.24. The van der Waals surface area contributed by atoms with E-state index in [9.17, 15) is 0 Å². The normalized spacial score (nSPS) is 42.1. The van der Waals surface area contributed by atoms with Crippen LogP contribution in [0.2, 0.25) is 0 Å². The minimum absolute atomic E-state index is 0.245. The Kier molecular flexibility index (Phi) is 1.91. The van der Waals surface area contributed by atoms with Gasteiger partial charge >= 0.3 is 0 Å². The van der Waals surface area contributed by atoms with Crippen LogP contribution in [0.5, 0.6) is 0 Å². The molecule has 1 rings (SSSR count). The second-order valence-electron chi connectivity index (χ2n) is 2.13. The van der Waals surface area contributed by atoms with E-state index in [2.05, 4.69) is 0 Å². The Bertz CT molecular complexity index is 201. The molecular formula is C5H8ClOPS. The van der Waals surface area contributed by atoms with E-state index in [4.69, 9.17) is 27.6 Å². The van der Waals surface area contributed by atoms with Crippen molar-refractivity contribution in [2.45, 2.75) is 19.5 Å². The number of allylic oxidation sites excluding steroid dienone is 2. The average Bonchev–Trinajstić information content (AvgIpc) is 1.79. The van der Waals surface area contributed by atoms with Gasteiger partial charge in [0, 0.05) is 0 Å². The number of halogens is 1. The molecule has 1 aliphatic heterocycles. The molecule has 0 aliphatic carbocycles. The molecule has 0 bridgehead atoms. The molecule has 9 heavy (non-hydrogen) atoms. The van der Waals surface area contributed by atoms with Gasteiger partial charge in [-0.2, -0.15) is 0 Å². The molecule has 0 saturated carbocycles. The summed E-state index contributed by atoms with van der Waals surface area (Å²) in [4.78, 5) is 0. The summed E-state index contributed by atoms with van der Waals surface area (Å²) in [6.45, 7) is 3.87. The molecule has 0 aromatic carbocycles. The van der Waals surface area contributed by atoms with Gasteiger partial charge in [0.2, 0.25) is 5.62 Å². The van der Waals surface area contributed by atoms with E-state index in [0.717, 1.165) is 5.76 Å². The highest BCUT2D eigenvalue weighted by atomic mass is 35.7. The Balaban J connectivity index is 2.84. The summed E-state index contributed by atoms with van der Waals surface area (Å²) in [6, 6.07) is 0. The van der Waals surface area contributed by atoms with E-state index in [0.29, 0.717) is 0 Å². The molecule has 1 aliphatic rings. The molecule has 0 aromatic heterocycles. The summed E-state index contributed by atoms with van der Waals surface area (Å²) in [5, 5.41) is 0. The van der Waals surface area contributed by atoms with Crippen molar-refractivity contribution in [3.8, 4) is 0 Å². The van der Waals surface area contributed by atoms with Crippen LogP contribution in [-0.2, 0) is 16.3 Å². The summed E-state index contributed by atoms with van der Waals surface area (Å²) in [5.41, 5.74) is -1.73. The number of hydrogen-bond acceptors (Lipinski definition) is 2. The highest BCUT2D eigenvalue weighted by Gasteiger charge is 2.28. The molecule has 0 N–H and O–H groups in total. The zero-order chi connectivity index (χ0) is 7.07. The van der Waals surface area contributed by atoms with Crippen molar-refractivity contribution < 1.29 is 4.52 Å². The Hall–Kier alpha value is 0.480. The maximum Gasteiger partial charge on any atom is 0.205 e. The first-order valence-corrected chi connectivity index (χ1v) is 6.39. The molecule has 1 heterocycles. The summed E-state index contributed by atoms with van der Waals surface area (Å²) < 4.78 is 5.21. The first kappa shape index (κ1) is 7.59. The summed E-state index contributed by atoms with van der Waals surface area (Å²) in [5.74, 6) is 0.876. The first-order valence-electron chi connectivity index (χ1n) is 2.70. The highest BCUT2D eigenvalue weighted by Crippen LogP contribution is 2.62. The lowest BCUT2D eigenvalue weighted by atomic mass is 10.4. The van der Waals surface area contributed by atoms with Crippen LogP contribution in [0, 0.1) is 0 Å². The molecule has 0 amide bonds. The maximum absolute atomic E-state index is 5.86. The molecule has 2 atom stereocenters. The van der Waals surface area contributed by atoms with Gasteiger partial charge in [-0.05, 0) is 43.0 Å². The molecule has 0 fully saturated rings. The van der Waals surface area contributed by atoms with Gasteiger partial charge in [0.15, 0.2) is 0 Å².